The molecular formula is C11H15NO3. The summed E-state index contributed by atoms with van der Waals surface area (Å²) in [7, 11) is 0. The van der Waals surface area contributed by atoms with Crippen molar-refractivity contribution in [3.05, 3.63) is 29.8 Å². The van der Waals surface area contributed by atoms with Crippen LogP contribution in [0, 0.1) is 0 Å². The first-order valence-electron chi connectivity index (χ1n) is 4.75. The van der Waals surface area contributed by atoms with Crippen LogP contribution in [0.1, 0.15) is 25.5 Å². The fourth-order valence-electron chi connectivity index (χ4n) is 1.10. The van der Waals surface area contributed by atoms with Crippen molar-refractivity contribution in [1.29, 1.82) is 0 Å². The quantitative estimate of drug-likeness (QED) is 0.789. The molecule has 2 atom stereocenters. The van der Waals surface area contributed by atoms with Gasteiger partial charge in [0.2, 0.25) is 0 Å². The summed E-state index contributed by atoms with van der Waals surface area (Å²) in [4.78, 5) is 10.5. The van der Waals surface area contributed by atoms with Gasteiger partial charge in [-0.2, -0.15) is 0 Å². The maximum absolute atomic E-state index is 10.5. The molecule has 0 radical (unpaired) electrons. The maximum atomic E-state index is 10.5. The molecule has 15 heavy (non-hydrogen) atoms. The molecule has 1 rings (SSSR count). The van der Waals surface area contributed by atoms with Gasteiger partial charge in [-0.1, -0.05) is 12.1 Å². The van der Waals surface area contributed by atoms with Gasteiger partial charge in [-0.15, -0.1) is 0 Å². The number of benzene rings is 1. The molecule has 0 saturated heterocycles. The Morgan fingerprint density at radius 2 is 1.87 bits per heavy atom. The molecule has 0 aliphatic rings. The Balaban J connectivity index is 2.68. The van der Waals surface area contributed by atoms with E-state index in [4.69, 9.17) is 15.6 Å². The average Bonchev–Trinajstić information content (AvgIpc) is 2.18. The molecule has 4 nitrogen and oxygen atoms in total. The van der Waals surface area contributed by atoms with Crippen LogP contribution < -0.4 is 10.5 Å². The second kappa shape index (κ2) is 4.79. The van der Waals surface area contributed by atoms with E-state index in [1.807, 2.05) is 19.1 Å². The number of carboxylic acids is 1. The summed E-state index contributed by atoms with van der Waals surface area (Å²) in [5, 5.41) is 8.64. The molecule has 0 heterocycles. The molecule has 82 valence electrons. The van der Waals surface area contributed by atoms with Crippen LogP contribution in [0.3, 0.4) is 0 Å². The molecule has 0 aliphatic heterocycles. The van der Waals surface area contributed by atoms with Crippen molar-refractivity contribution in [2.45, 2.75) is 26.0 Å². The van der Waals surface area contributed by atoms with Gasteiger partial charge in [-0.05, 0) is 31.5 Å². The summed E-state index contributed by atoms with van der Waals surface area (Å²) in [6, 6.07) is 7.07. The van der Waals surface area contributed by atoms with E-state index in [-0.39, 0.29) is 6.04 Å². The van der Waals surface area contributed by atoms with E-state index >= 15 is 0 Å². The zero-order chi connectivity index (χ0) is 11.4. The summed E-state index contributed by atoms with van der Waals surface area (Å²) < 4.78 is 5.17. The lowest BCUT2D eigenvalue weighted by Crippen LogP contribution is -2.22. The highest BCUT2D eigenvalue weighted by molar-refractivity contribution is 5.72. The van der Waals surface area contributed by atoms with Crippen LogP contribution in [0.25, 0.3) is 0 Å². The molecule has 0 amide bonds. The van der Waals surface area contributed by atoms with Crippen LogP contribution in [0.2, 0.25) is 0 Å². The summed E-state index contributed by atoms with van der Waals surface area (Å²) in [6.45, 7) is 3.37. The summed E-state index contributed by atoms with van der Waals surface area (Å²) in [5.41, 5.74) is 6.67. The highest BCUT2D eigenvalue weighted by Crippen LogP contribution is 2.17. The van der Waals surface area contributed by atoms with Crippen LogP contribution >= 0.6 is 0 Å². The van der Waals surface area contributed by atoms with Gasteiger partial charge in [0, 0.05) is 6.04 Å². The minimum atomic E-state index is -0.980. The smallest absolute Gasteiger partial charge is 0.344 e. The van der Waals surface area contributed by atoms with Gasteiger partial charge < -0.3 is 15.6 Å². The van der Waals surface area contributed by atoms with E-state index < -0.39 is 12.1 Å². The summed E-state index contributed by atoms with van der Waals surface area (Å²) >= 11 is 0. The largest absolute Gasteiger partial charge is 0.479 e. The minimum Gasteiger partial charge on any atom is -0.479 e. The van der Waals surface area contributed by atoms with Crippen molar-refractivity contribution >= 4 is 5.97 Å². The van der Waals surface area contributed by atoms with E-state index in [1.165, 1.54) is 6.92 Å². The van der Waals surface area contributed by atoms with Crippen molar-refractivity contribution in [3.63, 3.8) is 0 Å². The number of ether oxygens (including phenoxy) is 1. The fraction of sp³-hybridized carbons (Fsp3) is 0.364. The van der Waals surface area contributed by atoms with Crippen molar-refractivity contribution in [2.24, 2.45) is 5.73 Å². The van der Waals surface area contributed by atoms with E-state index in [1.54, 1.807) is 12.1 Å². The average molecular weight is 209 g/mol. The minimum absolute atomic E-state index is 0.0315. The lowest BCUT2D eigenvalue weighted by molar-refractivity contribution is -0.144. The molecule has 0 bridgehead atoms. The van der Waals surface area contributed by atoms with Crippen LogP contribution in [0.15, 0.2) is 24.3 Å². The Morgan fingerprint density at radius 3 is 2.27 bits per heavy atom. The van der Waals surface area contributed by atoms with Gasteiger partial charge in [-0.3, -0.25) is 0 Å². The summed E-state index contributed by atoms with van der Waals surface area (Å²) in [6.07, 6.45) is -0.842. The highest BCUT2D eigenvalue weighted by atomic mass is 16.5. The van der Waals surface area contributed by atoms with Crippen molar-refractivity contribution < 1.29 is 14.6 Å². The van der Waals surface area contributed by atoms with Crippen LogP contribution in [0.4, 0.5) is 0 Å². The fourth-order valence-corrected chi connectivity index (χ4v) is 1.10. The first-order valence-corrected chi connectivity index (χ1v) is 4.75. The topological polar surface area (TPSA) is 72.5 Å². The van der Waals surface area contributed by atoms with Crippen LogP contribution in [-0.4, -0.2) is 17.2 Å². The standard InChI is InChI=1S/C11H15NO3/c1-7(12)9-3-5-10(6-4-9)15-8(2)11(13)14/h3-8H,12H2,1-2H3,(H,13,14)/t7-,8?/m1/s1. The predicted octanol–water partition coefficient (Wildman–Crippen LogP) is 1.56. The molecule has 4 heteroatoms. The Morgan fingerprint density at radius 1 is 1.33 bits per heavy atom. The van der Waals surface area contributed by atoms with Crippen molar-refractivity contribution in [1.82, 2.24) is 0 Å². The lowest BCUT2D eigenvalue weighted by atomic mass is 10.1. The maximum Gasteiger partial charge on any atom is 0.344 e. The summed E-state index contributed by atoms with van der Waals surface area (Å²) in [5.74, 6) is -0.444. The number of nitrogens with two attached hydrogens (primary N) is 1. The van der Waals surface area contributed by atoms with E-state index in [0.29, 0.717) is 5.75 Å². The molecule has 0 saturated carbocycles. The second-order valence-electron chi connectivity index (χ2n) is 3.46. The van der Waals surface area contributed by atoms with E-state index in [2.05, 4.69) is 0 Å². The number of aliphatic carboxylic acids is 1. The Labute approximate surface area is 88.7 Å². The van der Waals surface area contributed by atoms with Gasteiger partial charge in [0.1, 0.15) is 5.75 Å². The number of hydrogen-bond donors (Lipinski definition) is 2. The van der Waals surface area contributed by atoms with E-state index in [0.717, 1.165) is 5.56 Å². The monoisotopic (exact) mass is 209 g/mol. The molecule has 0 fully saturated rings. The van der Waals surface area contributed by atoms with Crippen LogP contribution in [0.5, 0.6) is 5.75 Å². The predicted molar refractivity (Wildman–Crippen MR) is 56.8 cm³/mol. The zero-order valence-corrected chi connectivity index (χ0v) is 8.81. The molecule has 0 spiro atoms. The zero-order valence-electron chi connectivity index (χ0n) is 8.81. The highest BCUT2D eigenvalue weighted by Gasteiger charge is 2.12. The molecule has 1 aromatic carbocycles. The number of carbonyl (C=O) groups is 1. The van der Waals surface area contributed by atoms with Crippen molar-refractivity contribution in [3.8, 4) is 5.75 Å². The third-order valence-electron chi connectivity index (χ3n) is 2.07. The normalized spacial score (nSPS) is 14.3. The molecule has 0 aliphatic carbocycles. The first kappa shape index (κ1) is 11.5. The van der Waals surface area contributed by atoms with Gasteiger partial charge in [0.05, 0.1) is 0 Å². The van der Waals surface area contributed by atoms with E-state index in [9.17, 15) is 4.79 Å². The first-order chi connectivity index (χ1) is 7.00. The molecule has 0 aromatic heterocycles. The Kier molecular flexibility index (Phi) is 3.68. The lowest BCUT2D eigenvalue weighted by Gasteiger charge is -2.11. The Hall–Kier alpha value is -1.55. The van der Waals surface area contributed by atoms with Gasteiger partial charge in [0.15, 0.2) is 6.10 Å². The number of hydrogen-bond acceptors (Lipinski definition) is 3. The number of carboxylic acid groups (broad SMARTS) is 1. The Bertz CT molecular complexity index is 332. The van der Waals surface area contributed by atoms with Crippen LogP contribution in [-0.2, 0) is 4.79 Å². The molecular weight excluding hydrogens is 194 g/mol. The molecule has 1 aromatic rings. The third kappa shape index (κ3) is 3.25. The SMILES string of the molecule is CC(Oc1ccc([C@@H](C)N)cc1)C(=O)O. The third-order valence-corrected chi connectivity index (χ3v) is 2.07. The second-order valence-corrected chi connectivity index (χ2v) is 3.46. The molecule has 3 N–H and O–H groups in total. The number of rotatable bonds is 4. The van der Waals surface area contributed by atoms with Gasteiger partial charge in [0.25, 0.3) is 0 Å². The van der Waals surface area contributed by atoms with Gasteiger partial charge in [-0.25, -0.2) is 4.79 Å². The molecule has 1 unspecified atom stereocenters. The van der Waals surface area contributed by atoms with Gasteiger partial charge >= 0.3 is 5.97 Å². The van der Waals surface area contributed by atoms with Crippen molar-refractivity contribution in [2.75, 3.05) is 0 Å².